The number of anilines is 1. The van der Waals surface area contributed by atoms with E-state index in [1.54, 1.807) is 6.92 Å². The number of alkyl halides is 1. The summed E-state index contributed by atoms with van der Waals surface area (Å²) in [5, 5.41) is 2.68. The van der Waals surface area contributed by atoms with E-state index in [9.17, 15) is 8.42 Å². The molecule has 0 bridgehead atoms. The second-order valence-electron chi connectivity index (χ2n) is 3.26. The number of sulfone groups is 1. The van der Waals surface area contributed by atoms with E-state index in [-0.39, 0.29) is 24.9 Å². The van der Waals surface area contributed by atoms with Gasteiger partial charge in [0.25, 0.3) is 4.39 Å². The molecule has 0 aromatic carbocycles. The highest BCUT2D eigenvalue weighted by Gasteiger charge is 2.41. The fourth-order valence-electron chi connectivity index (χ4n) is 1.17. The lowest BCUT2D eigenvalue weighted by Gasteiger charge is -2.26. The van der Waals surface area contributed by atoms with Crippen LogP contribution in [0.15, 0.2) is 6.33 Å². The maximum atomic E-state index is 11.9. The summed E-state index contributed by atoms with van der Waals surface area (Å²) < 4.78 is 27.1. The summed E-state index contributed by atoms with van der Waals surface area (Å²) in [5.74, 6) is 0.0580. The van der Waals surface area contributed by atoms with E-state index in [1.165, 1.54) is 13.3 Å². The topological polar surface area (TPSA) is 94.1 Å². The Morgan fingerprint density at radius 2 is 2.28 bits per heavy atom. The summed E-state index contributed by atoms with van der Waals surface area (Å²) in [7, 11) is -3.59. The molecular formula is C9H14ClN4O3S. The standard InChI is InChI=1S/C9H14ClN4O3S/c1-3-17-9(10,18(15,16)4-2)5-12-8-13-6-11-7-14-8/h6H,3-5H2,1-2H3,(H,11,12,13,14). The first-order valence-corrected chi connectivity index (χ1v) is 7.32. The molecule has 1 aromatic heterocycles. The number of rotatable bonds is 7. The third-order valence-corrected chi connectivity index (χ3v) is 5.01. The van der Waals surface area contributed by atoms with Crippen molar-refractivity contribution in [2.75, 3.05) is 24.2 Å². The number of hydrogen-bond acceptors (Lipinski definition) is 7. The quantitative estimate of drug-likeness (QED) is 0.729. The summed E-state index contributed by atoms with van der Waals surface area (Å²) in [6.45, 7) is 3.17. The number of hydrogen-bond donors (Lipinski definition) is 1. The highest BCUT2D eigenvalue weighted by atomic mass is 35.5. The van der Waals surface area contributed by atoms with Crippen LogP contribution < -0.4 is 5.32 Å². The molecule has 0 aliphatic rings. The van der Waals surface area contributed by atoms with Gasteiger partial charge in [-0.2, -0.15) is 4.98 Å². The van der Waals surface area contributed by atoms with Crippen molar-refractivity contribution in [2.45, 2.75) is 18.2 Å². The van der Waals surface area contributed by atoms with E-state index < -0.39 is 14.2 Å². The third kappa shape index (κ3) is 3.50. The van der Waals surface area contributed by atoms with Gasteiger partial charge in [-0.15, -0.1) is 0 Å². The third-order valence-electron chi connectivity index (χ3n) is 2.11. The van der Waals surface area contributed by atoms with Gasteiger partial charge in [0, 0.05) is 6.61 Å². The predicted molar refractivity (Wildman–Crippen MR) is 66.8 cm³/mol. The van der Waals surface area contributed by atoms with Crippen molar-refractivity contribution in [3.05, 3.63) is 12.7 Å². The van der Waals surface area contributed by atoms with Gasteiger partial charge in [-0.05, 0) is 6.92 Å². The first kappa shape index (κ1) is 15.1. The van der Waals surface area contributed by atoms with Gasteiger partial charge in [0.1, 0.15) is 6.33 Å². The fourth-order valence-corrected chi connectivity index (χ4v) is 2.69. The Morgan fingerprint density at radius 3 is 2.78 bits per heavy atom. The summed E-state index contributed by atoms with van der Waals surface area (Å²) >= 11 is 6.03. The van der Waals surface area contributed by atoms with Crippen molar-refractivity contribution in [1.29, 1.82) is 0 Å². The van der Waals surface area contributed by atoms with Crippen LogP contribution in [0, 0.1) is 6.33 Å². The highest BCUT2D eigenvalue weighted by Crippen LogP contribution is 2.25. The van der Waals surface area contributed by atoms with Crippen molar-refractivity contribution in [1.82, 2.24) is 15.0 Å². The molecule has 0 spiro atoms. The first-order chi connectivity index (χ1) is 8.45. The molecule has 1 heterocycles. The van der Waals surface area contributed by atoms with E-state index in [0.717, 1.165) is 0 Å². The normalized spacial score (nSPS) is 15.1. The molecule has 0 saturated heterocycles. The number of nitrogens with one attached hydrogen (secondary N) is 1. The Bertz CT molecular complexity index is 470. The van der Waals surface area contributed by atoms with Gasteiger partial charge in [0.2, 0.25) is 12.3 Å². The first-order valence-electron chi connectivity index (χ1n) is 5.29. The molecule has 0 aliphatic carbocycles. The maximum Gasteiger partial charge on any atom is 0.261 e. The molecular weight excluding hydrogens is 280 g/mol. The van der Waals surface area contributed by atoms with Crippen LogP contribution in [0.5, 0.6) is 0 Å². The highest BCUT2D eigenvalue weighted by molar-refractivity contribution is 7.93. The summed E-state index contributed by atoms with van der Waals surface area (Å²) in [6, 6.07) is 0. The minimum Gasteiger partial charge on any atom is -0.349 e. The van der Waals surface area contributed by atoms with E-state index >= 15 is 0 Å². The Kier molecular flexibility index (Phi) is 5.24. The Morgan fingerprint density at radius 1 is 1.56 bits per heavy atom. The van der Waals surface area contributed by atoms with E-state index in [0.29, 0.717) is 0 Å². The van der Waals surface area contributed by atoms with Crippen molar-refractivity contribution in [3.8, 4) is 0 Å². The Balaban J connectivity index is 2.81. The van der Waals surface area contributed by atoms with Gasteiger partial charge in [-0.25, -0.2) is 18.4 Å². The number of halogens is 1. The van der Waals surface area contributed by atoms with E-state index in [1.807, 2.05) is 0 Å². The van der Waals surface area contributed by atoms with Gasteiger partial charge in [0.05, 0.1) is 12.3 Å². The number of aromatic nitrogens is 3. The fraction of sp³-hybridized carbons (Fsp3) is 0.667. The van der Waals surface area contributed by atoms with Gasteiger partial charge >= 0.3 is 0 Å². The minimum absolute atomic E-state index is 0.124. The summed E-state index contributed by atoms with van der Waals surface area (Å²) in [6.07, 6.45) is 3.56. The van der Waals surface area contributed by atoms with Crippen molar-refractivity contribution in [2.24, 2.45) is 0 Å². The molecule has 0 amide bonds. The lowest BCUT2D eigenvalue weighted by atomic mass is 10.6. The molecule has 1 rings (SSSR count). The molecule has 1 N–H and O–H groups in total. The molecule has 0 saturated carbocycles. The van der Waals surface area contributed by atoms with E-state index in [4.69, 9.17) is 16.3 Å². The van der Waals surface area contributed by atoms with Crippen LogP contribution in [0.25, 0.3) is 0 Å². The number of ether oxygens (including phenoxy) is 1. The van der Waals surface area contributed by atoms with Crippen LogP contribution >= 0.6 is 11.6 Å². The molecule has 7 nitrogen and oxygen atoms in total. The van der Waals surface area contributed by atoms with Crippen LogP contribution in [-0.4, -0.2) is 46.7 Å². The van der Waals surface area contributed by atoms with Crippen molar-refractivity contribution < 1.29 is 13.2 Å². The van der Waals surface area contributed by atoms with Gasteiger partial charge in [-0.1, -0.05) is 18.5 Å². The monoisotopic (exact) mass is 293 g/mol. The SMILES string of the molecule is CCOC(Cl)(CNc1n[c]ncn1)S(=O)(=O)CC. The lowest BCUT2D eigenvalue weighted by Crippen LogP contribution is -2.43. The van der Waals surface area contributed by atoms with Crippen LogP contribution in [-0.2, 0) is 14.6 Å². The zero-order valence-electron chi connectivity index (χ0n) is 10.1. The smallest absolute Gasteiger partial charge is 0.261 e. The molecule has 1 atom stereocenters. The molecule has 1 aromatic rings. The molecule has 1 radical (unpaired) electrons. The molecule has 0 aliphatic heterocycles. The Hall–Kier alpha value is -0.990. The largest absolute Gasteiger partial charge is 0.349 e. The average Bonchev–Trinajstić information content (AvgIpc) is 2.38. The second kappa shape index (κ2) is 6.26. The van der Waals surface area contributed by atoms with Gasteiger partial charge in [0.15, 0.2) is 9.84 Å². The molecule has 1 unspecified atom stereocenters. The molecule has 18 heavy (non-hydrogen) atoms. The van der Waals surface area contributed by atoms with Crippen molar-refractivity contribution in [3.63, 3.8) is 0 Å². The second-order valence-corrected chi connectivity index (χ2v) is 6.56. The molecule has 0 fully saturated rings. The predicted octanol–water partition coefficient (Wildman–Crippen LogP) is 0.447. The van der Waals surface area contributed by atoms with Crippen LogP contribution in [0.3, 0.4) is 0 Å². The van der Waals surface area contributed by atoms with Crippen LogP contribution in [0.2, 0.25) is 0 Å². The lowest BCUT2D eigenvalue weighted by molar-refractivity contribution is 0.0953. The van der Waals surface area contributed by atoms with Gasteiger partial charge < -0.3 is 10.1 Å². The minimum atomic E-state index is -3.59. The maximum absolute atomic E-state index is 11.9. The number of nitrogens with zero attached hydrogens (tertiary/aromatic N) is 3. The zero-order valence-corrected chi connectivity index (χ0v) is 11.6. The van der Waals surface area contributed by atoms with Gasteiger partial charge in [-0.3, -0.25) is 0 Å². The molecule has 9 heteroatoms. The summed E-state index contributed by atoms with van der Waals surface area (Å²) in [5.41, 5.74) is 0. The van der Waals surface area contributed by atoms with Crippen LogP contribution in [0.4, 0.5) is 5.95 Å². The van der Waals surface area contributed by atoms with Crippen LogP contribution in [0.1, 0.15) is 13.8 Å². The average molecular weight is 294 g/mol. The van der Waals surface area contributed by atoms with Crippen molar-refractivity contribution >= 4 is 27.4 Å². The summed E-state index contributed by atoms with van der Waals surface area (Å²) in [4.78, 5) is 11.0. The zero-order chi connectivity index (χ0) is 13.6. The van der Waals surface area contributed by atoms with E-state index in [2.05, 4.69) is 26.6 Å². The Labute approximate surface area is 111 Å². The molecule has 101 valence electrons.